The number of hydrogen-bond acceptors (Lipinski definition) is 7. The summed E-state index contributed by atoms with van der Waals surface area (Å²) in [5.41, 5.74) is 0.328. The lowest BCUT2D eigenvalue weighted by atomic mass is 9.74. The van der Waals surface area contributed by atoms with Gasteiger partial charge in [0.15, 0.2) is 0 Å². The van der Waals surface area contributed by atoms with Crippen LogP contribution in [-0.4, -0.2) is 46.5 Å². The molecule has 1 heterocycles. The Hall–Kier alpha value is -1.31. The minimum atomic E-state index is -0.365. The lowest BCUT2D eigenvalue weighted by Gasteiger charge is -2.36. The van der Waals surface area contributed by atoms with Crippen molar-refractivity contribution in [1.82, 2.24) is 15.3 Å². The molecule has 1 aromatic rings. The Morgan fingerprint density at radius 3 is 2.73 bits per heavy atom. The van der Waals surface area contributed by atoms with Crippen LogP contribution in [-0.2, 0) is 0 Å². The summed E-state index contributed by atoms with van der Waals surface area (Å²) < 4.78 is 5.84. The third-order valence-corrected chi connectivity index (χ3v) is 4.47. The molecule has 1 aliphatic carbocycles. The fraction of sp³-hybridized carbons (Fsp3) is 0.600. The molecule has 1 fully saturated rings. The first-order valence-corrected chi connectivity index (χ1v) is 7.85. The number of nitrogens with zero attached hydrogens (tertiary/aromatic N) is 2. The van der Waals surface area contributed by atoms with E-state index in [2.05, 4.69) is 27.9 Å². The molecule has 3 N–H and O–H groups in total. The summed E-state index contributed by atoms with van der Waals surface area (Å²) in [4.78, 5) is 9.19. The maximum absolute atomic E-state index is 9.42. The van der Waals surface area contributed by atoms with Crippen LogP contribution in [0.25, 0.3) is 4.91 Å². The second-order valence-electron chi connectivity index (χ2n) is 5.68. The van der Waals surface area contributed by atoms with Crippen molar-refractivity contribution < 1.29 is 14.9 Å². The molecule has 2 rings (SSSR count). The molecular weight excluding hydrogens is 302 g/mol. The highest BCUT2D eigenvalue weighted by molar-refractivity contribution is 7.90. The molecule has 0 aliphatic heterocycles. The van der Waals surface area contributed by atoms with Crippen LogP contribution in [0.1, 0.15) is 31.4 Å². The lowest BCUT2D eigenvalue weighted by Crippen LogP contribution is -2.37. The summed E-state index contributed by atoms with van der Waals surface area (Å²) in [6.07, 6.45) is 6.42. The Morgan fingerprint density at radius 2 is 2.14 bits per heavy atom. The number of hydrogen-bond donors (Lipinski definition) is 4. The number of aliphatic hydroxyl groups is 2. The van der Waals surface area contributed by atoms with Crippen molar-refractivity contribution in [2.75, 3.05) is 20.3 Å². The van der Waals surface area contributed by atoms with E-state index in [9.17, 15) is 10.2 Å². The Morgan fingerprint density at radius 1 is 1.45 bits per heavy atom. The topological polar surface area (TPSA) is 87.5 Å². The molecule has 0 radical (unpaired) electrons. The molecule has 22 heavy (non-hydrogen) atoms. The van der Waals surface area contributed by atoms with E-state index in [0.29, 0.717) is 16.6 Å². The van der Waals surface area contributed by atoms with Crippen molar-refractivity contribution >= 4 is 17.5 Å². The van der Waals surface area contributed by atoms with Gasteiger partial charge in [0.05, 0.1) is 18.9 Å². The molecule has 6 nitrogen and oxygen atoms in total. The van der Waals surface area contributed by atoms with E-state index in [-0.39, 0.29) is 24.7 Å². The smallest absolute Gasteiger partial charge is 0.317 e. The molecule has 1 saturated carbocycles. The van der Waals surface area contributed by atoms with E-state index in [1.54, 1.807) is 25.5 Å². The van der Waals surface area contributed by atoms with E-state index in [0.717, 1.165) is 25.7 Å². The molecule has 0 saturated heterocycles. The number of aromatic nitrogens is 2. The van der Waals surface area contributed by atoms with Crippen LogP contribution in [0.15, 0.2) is 18.5 Å². The average molecular weight is 325 g/mol. The predicted molar refractivity (Wildman–Crippen MR) is 87.5 cm³/mol. The third-order valence-electron chi connectivity index (χ3n) is 4.11. The number of ether oxygens (including phenoxy) is 1. The Bertz CT molecular complexity index is 511. The average Bonchev–Trinajstić information content (AvgIpc) is 2.56. The molecule has 122 valence electrons. The summed E-state index contributed by atoms with van der Waals surface area (Å²) in [6, 6.07) is 2.10. The zero-order valence-corrected chi connectivity index (χ0v) is 13.6. The van der Waals surface area contributed by atoms with Gasteiger partial charge in [-0.2, -0.15) is 4.98 Å². The lowest BCUT2D eigenvalue weighted by molar-refractivity contribution is -0.00814. The molecule has 0 bridgehead atoms. The zero-order chi connectivity index (χ0) is 16.0. The van der Waals surface area contributed by atoms with Gasteiger partial charge in [0.25, 0.3) is 0 Å². The summed E-state index contributed by atoms with van der Waals surface area (Å²) in [5, 5.41) is 21.7. The van der Waals surface area contributed by atoms with E-state index < -0.39 is 0 Å². The van der Waals surface area contributed by atoms with Gasteiger partial charge in [0, 0.05) is 29.8 Å². The van der Waals surface area contributed by atoms with Gasteiger partial charge in [-0.3, -0.25) is 0 Å². The van der Waals surface area contributed by atoms with Crippen molar-refractivity contribution in [3.63, 3.8) is 0 Å². The van der Waals surface area contributed by atoms with Gasteiger partial charge in [0.2, 0.25) is 0 Å². The van der Waals surface area contributed by atoms with Crippen molar-refractivity contribution in [3.8, 4) is 6.01 Å². The highest BCUT2D eigenvalue weighted by atomic mass is 32.1. The van der Waals surface area contributed by atoms with Gasteiger partial charge in [-0.25, -0.2) is 4.98 Å². The maximum atomic E-state index is 9.42. The van der Waals surface area contributed by atoms with E-state index >= 15 is 0 Å². The van der Waals surface area contributed by atoms with Gasteiger partial charge in [-0.1, -0.05) is 0 Å². The Labute approximate surface area is 136 Å². The van der Waals surface area contributed by atoms with E-state index in [1.165, 1.54) is 0 Å². The van der Waals surface area contributed by atoms with Crippen LogP contribution in [0.2, 0.25) is 0 Å². The van der Waals surface area contributed by atoms with Crippen LogP contribution in [0.5, 0.6) is 6.01 Å². The largest absolute Gasteiger partial charge is 0.460 e. The molecule has 0 unspecified atom stereocenters. The summed E-state index contributed by atoms with van der Waals surface area (Å²) >= 11 is 4.36. The highest BCUT2D eigenvalue weighted by Crippen LogP contribution is 2.36. The van der Waals surface area contributed by atoms with Crippen molar-refractivity contribution in [1.29, 1.82) is 0 Å². The molecule has 0 aromatic carbocycles. The molecular formula is C15H23N3O3S. The quantitative estimate of drug-likeness (QED) is 0.588. The summed E-state index contributed by atoms with van der Waals surface area (Å²) in [5.74, 6) is 0. The van der Waals surface area contributed by atoms with Gasteiger partial charge in [-0.05, 0) is 31.7 Å². The van der Waals surface area contributed by atoms with Crippen molar-refractivity contribution in [2.45, 2.75) is 31.8 Å². The highest BCUT2D eigenvalue weighted by Gasteiger charge is 2.35. The minimum absolute atomic E-state index is 0.0122. The molecule has 7 heteroatoms. The number of rotatable bonds is 6. The second kappa shape index (κ2) is 7.80. The summed E-state index contributed by atoms with van der Waals surface area (Å²) in [6.45, 7) is 0.0278. The number of thiol groups is 1. The van der Waals surface area contributed by atoms with Gasteiger partial charge < -0.3 is 20.3 Å². The molecule has 0 amide bonds. The minimum Gasteiger partial charge on any atom is -0.460 e. The van der Waals surface area contributed by atoms with Gasteiger partial charge in [-0.15, -0.1) is 12.6 Å². The summed E-state index contributed by atoms with van der Waals surface area (Å²) in [7, 11) is 1.80. The normalized spacial score (nSPS) is 19.0. The molecule has 0 atom stereocenters. The molecule has 1 aromatic heterocycles. The monoisotopic (exact) mass is 325 g/mol. The standard InChI is InChI=1S/C15H23N3O3S/c1-16-8-13(22)12-4-7-17-14(18-12)21-11-2-5-15(9-19,10-20)6-3-11/h4,7-8,11,16,19-20,22H,2-3,5-6,9-10H2,1H3/b13-8-. The number of aliphatic hydroxyl groups excluding tert-OH is 2. The first-order chi connectivity index (χ1) is 10.6. The van der Waals surface area contributed by atoms with Crippen LogP contribution in [0.4, 0.5) is 0 Å². The predicted octanol–water partition coefficient (Wildman–Crippen LogP) is 1.22. The first-order valence-electron chi connectivity index (χ1n) is 7.40. The van der Waals surface area contributed by atoms with Crippen LogP contribution >= 0.6 is 12.6 Å². The van der Waals surface area contributed by atoms with Gasteiger partial charge in [0.1, 0.15) is 6.10 Å². The Balaban J connectivity index is 1.98. The first kappa shape index (κ1) is 17.1. The van der Waals surface area contributed by atoms with E-state index in [1.807, 2.05) is 0 Å². The van der Waals surface area contributed by atoms with Crippen LogP contribution in [0, 0.1) is 5.41 Å². The van der Waals surface area contributed by atoms with Gasteiger partial charge >= 0.3 is 6.01 Å². The third kappa shape index (κ3) is 4.12. The van der Waals surface area contributed by atoms with E-state index in [4.69, 9.17) is 4.74 Å². The fourth-order valence-corrected chi connectivity index (χ4v) is 2.84. The molecule has 0 spiro atoms. The second-order valence-corrected chi connectivity index (χ2v) is 6.16. The maximum Gasteiger partial charge on any atom is 0.317 e. The van der Waals surface area contributed by atoms with Crippen molar-refractivity contribution in [2.24, 2.45) is 5.41 Å². The molecule has 1 aliphatic rings. The Kier molecular flexibility index (Phi) is 6.05. The number of nitrogens with one attached hydrogen (secondary N) is 1. The van der Waals surface area contributed by atoms with Crippen LogP contribution in [0.3, 0.4) is 0 Å². The SMILES string of the molecule is CN/C=C(\S)c1ccnc(OC2CCC(CO)(CO)CC2)n1. The van der Waals surface area contributed by atoms with Crippen molar-refractivity contribution in [3.05, 3.63) is 24.2 Å². The fourth-order valence-electron chi connectivity index (χ4n) is 2.59. The zero-order valence-electron chi connectivity index (χ0n) is 12.7. The van der Waals surface area contributed by atoms with Crippen LogP contribution < -0.4 is 10.1 Å².